The largest absolute Gasteiger partial charge is 0.534 e. The van der Waals surface area contributed by atoms with E-state index in [9.17, 15) is 21.6 Å². The first kappa shape index (κ1) is 15.2. The number of thioether (sulfide) groups is 1. The lowest BCUT2D eigenvalue weighted by Crippen LogP contribution is -2.28. The van der Waals surface area contributed by atoms with Gasteiger partial charge in [-0.2, -0.15) is 21.6 Å². The molecular weight excluding hydrogens is 289 g/mol. The second kappa shape index (κ2) is 5.00. The number of alkyl halides is 3. The van der Waals surface area contributed by atoms with Crippen molar-refractivity contribution in [3.8, 4) is 5.75 Å². The minimum absolute atomic E-state index is 0.303. The van der Waals surface area contributed by atoms with Crippen LogP contribution in [-0.2, 0) is 10.1 Å². The summed E-state index contributed by atoms with van der Waals surface area (Å²) in [5.41, 5.74) is -4.44. The quantitative estimate of drug-likeness (QED) is 0.488. The molecule has 0 aliphatic heterocycles. The Morgan fingerprint density at radius 3 is 2.17 bits per heavy atom. The van der Waals surface area contributed by atoms with Crippen molar-refractivity contribution < 1.29 is 25.8 Å². The third-order valence-corrected chi connectivity index (χ3v) is 4.02. The molecule has 0 atom stereocenters. The second-order valence-electron chi connectivity index (χ2n) is 3.57. The molecule has 0 N–H and O–H groups in total. The Kier molecular flexibility index (Phi) is 4.22. The topological polar surface area (TPSA) is 43.4 Å². The van der Waals surface area contributed by atoms with E-state index in [2.05, 4.69) is 4.18 Å². The highest BCUT2D eigenvalue weighted by Gasteiger charge is 2.48. The second-order valence-corrected chi connectivity index (χ2v) is 5.96. The Morgan fingerprint density at radius 2 is 1.72 bits per heavy atom. The molecule has 1 aromatic carbocycles. The maximum Gasteiger partial charge on any atom is 0.534 e. The van der Waals surface area contributed by atoms with Gasteiger partial charge in [0.1, 0.15) is 5.75 Å². The monoisotopic (exact) mass is 300 g/mol. The molecule has 0 unspecified atom stereocenters. The first-order valence-electron chi connectivity index (χ1n) is 4.74. The van der Waals surface area contributed by atoms with Crippen molar-refractivity contribution in [1.29, 1.82) is 0 Å². The molecule has 1 rings (SSSR count). The van der Waals surface area contributed by atoms with E-state index in [1.165, 1.54) is 24.8 Å². The lowest BCUT2D eigenvalue weighted by Gasteiger charge is -2.13. The van der Waals surface area contributed by atoms with Gasteiger partial charge in [0.25, 0.3) is 0 Å². The van der Waals surface area contributed by atoms with Gasteiger partial charge in [0.2, 0.25) is 0 Å². The fourth-order valence-corrected chi connectivity index (χ4v) is 2.42. The Morgan fingerprint density at radius 1 is 1.17 bits per heavy atom. The smallest absolute Gasteiger partial charge is 0.376 e. The molecule has 0 heterocycles. The van der Waals surface area contributed by atoms with Crippen molar-refractivity contribution in [2.24, 2.45) is 0 Å². The fraction of sp³-hybridized carbons (Fsp3) is 0.400. The molecule has 1 aromatic rings. The highest BCUT2D eigenvalue weighted by Crippen LogP contribution is 2.32. The minimum atomic E-state index is -5.62. The van der Waals surface area contributed by atoms with Crippen LogP contribution >= 0.6 is 11.8 Å². The van der Waals surface area contributed by atoms with E-state index in [1.54, 1.807) is 13.0 Å². The molecule has 0 saturated heterocycles. The molecule has 18 heavy (non-hydrogen) atoms. The first-order chi connectivity index (χ1) is 8.08. The van der Waals surface area contributed by atoms with Crippen molar-refractivity contribution in [2.75, 3.05) is 6.26 Å². The molecule has 0 aliphatic carbocycles. The zero-order valence-corrected chi connectivity index (χ0v) is 11.5. The summed E-state index contributed by atoms with van der Waals surface area (Å²) < 4.78 is 62.4. The van der Waals surface area contributed by atoms with Gasteiger partial charge >= 0.3 is 15.6 Å². The molecule has 0 fully saturated rings. The predicted octanol–water partition coefficient (Wildman–Crippen LogP) is 3.25. The SMILES string of the molecule is CSc1cc(C)c(OS(=O)(=O)C(F)(F)F)cc1C. The van der Waals surface area contributed by atoms with E-state index in [0.717, 1.165) is 4.90 Å². The summed E-state index contributed by atoms with van der Waals surface area (Å²) >= 11 is 1.41. The van der Waals surface area contributed by atoms with Gasteiger partial charge in [-0.15, -0.1) is 11.8 Å². The van der Waals surface area contributed by atoms with Gasteiger partial charge in [0.15, 0.2) is 0 Å². The van der Waals surface area contributed by atoms with E-state index in [1.807, 2.05) is 6.26 Å². The number of hydrogen-bond donors (Lipinski definition) is 0. The summed E-state index contributed by atoms with van der Waals surface area (Å²) in [6.45, 7) is 3.15. The fourth-order valence-electron chi connectivity index (χ4n) is 1.24. The van der Waals surface area contributed by atoms with Crippen LogP contribution in [0.4, 0.5) is 13.2 Å². The molecule has 0 bridgehead atoms. The summed E-state index contributed by atoms with van der Waals surface area (Å²) in [5.74, 6) is -0.303. The lowest BCUT2D eigenvalue weighted by atomic mass is 10.1. The molecule has 0 radical (unpaired) electrons. The zero-order chi connectivity index (χ0) is 14.1. The molecule has 102 valence electrons. The molecule has 0 spiro atoms. The van der Waals surface area contributed by atoms with E-state index >= 15 is 0 Å². The van der Waals surface area contributed by atoms with Crippen molar-refractivity contribution in [3.63, 3.8) is 0 Å². The molecule has 0 aromatic heterocycles. The highest BCUT2D eigenvalue weighted by atomic mass is 32.2. The Balaban J connectivity index is 3.18. The van der Waals surface area contributed by atoms with Gasteiger partial charge in [0.05, 0.1) is 0 Å². The van der Waals surface area contributed by atoms with Crippen molar-refractivity contribution >= 4 is 21.9 Å². The average Bonchev–Trinajstić information content (AvgIpc) is 2.21. The maximum atomic E-state index is 12.2. The normalized spacial score (nSPS) is 12.6. The van der Waals surface area contributed by atoms with Crippen molar-refractivity contribution in [1.82, 2.24) is 0 Å². The van der Waals surface area contributed by atoms with Gasteiger partial charge in [-0.3, -0.25) is 0 Å². The Bertz CT molecular complexity index is 550. The van der Waals surface area contributed by atoms with Crippen LogP contribution in [0.2, 0.25) is 0 Å². The molecule has 0 aliphatic rings. The number of aryl methyl sites for hydroxylation is 2. The average molecular weight is 300 g/mol. The van der Waals surface area contributed by atoms with Crippen LogP contribution in [0.15, 0.2) is 17.0 Å². The molecule has 0 saturated carbocycles. The van der Waals surface area contributed by atoms with Crippen LogP contribution in [0.3, 0.4) is 0 Å². The summed E-state index contributed by atoms with van der Waals surface area (Å²) in [6, 6.07) is 2.87. The van der Waals surface area contributed by atoms with Crippen molar-refractivity contribution in [3.05, 3.63) is 23.3 Å². The number of benzene rings is 1. The summed E-state index contributed by atoms with van der Waals surface area (Å²) in [5, 5.41) is 0. The molecule has 8 heteroatoms. The van der Waals surface area contributed by atoms with Crippen molar-refractivity contribution in [2.45, 2.75) is 24.3 Å². The van der Waals surface area contributed by atoms with Crippen LogP contribution in [0, 0.1) is 13.8 Å². The Hall–Kier alpha value is -0.890. The third kappa shape index (κ3) is 3.11. The third-order valence-electron chi connectivity index (χ3n) is 2.18. The first-order valence-corrected chi connectivity index (χ1v) is 7.38. The van der Waals surface area contributed by atoms with E-state index < -0.39 is 15.6 Å². The summed E-state index contributed by atoms with van der Waals surface area (Å²) in [7, 11) is -5.62. The number of halogens is 3. The summed E-state index contributed by atoms with van der Waals surface area (Å²) in [4.78, 5) is 0.851. The van der Waals surface area contributed by atoms with Gasteiger partial charge < -0.3 is 4.18 Å². The van der Waals surface area contributed by atoms with Gasteiger partial charge in [-0.05, 0) is 43.4 Å². The van der Waals surface area contributed by atoms with Crippen LogP contribution < -0.4 is 4.18 Å². The van der Waals surface area contributed by atoms with Crippen LogP contribution in [-0.4, -0.2) is 20.2 Å². The number of hydrogen-bond acceptors (Lipinski definition) is 4. The highest BCUT2D eigenvalue weighted by molar-refractivity contribution is 7.98. The van der Waals surface area contributed by atoms with Gasteiger partial charge in [-0.25, -0.2) is 0 Å². The van der Waals surface area contributed by atoms with Crippen LogP contribution in [0.1, 0.15) is 11.1 Å². The molecular formula is C10H11F3O3S2. The number of rotatable bonds is 3. The molecule has 3 nitrogen and oxygen atoms in total. The minimum Gasteiger partial charge on any atom is -0.376 e. The predicted molar refractivity (Wildman–Crippen MR) is 63.3 cm³/mol. The molecule has 0 amide bonds. The zero-order valence-electron chi connectivity index (χ0n) is 9.83. The lowest BCUT2D eigenvalue weighted by molar-refractivity contribution is -0.0500. The van der Waals surface area contributed by atoms with Gasteiger partial charge in [0, 0.05) is 4.90 Å². The van der Waals surface area contributed by atoms with E-state index in [4.69, 9.17) is 0 Å². The van der Waals surface area contributed by atoms with Crippen LogP contribution in [0.5, 0.6) is 5.75 Å². The maximum absolute atomic E-state index is 12.2. The van der Waals surface area contributed by atoms with Crippen LogP contribution in [0.25, 0.3) is 0 Å². The van der Waals surface area contributed by atoms with Gasteiger partial charge in [-0.1, -0.05) is 0 Å². The van der Waals surface area contributed by atoms with E-state index in [0.29, 0.717) is 11.1 Å². The standard InChI is InChI=1S/C10H11F3O3S2/c1-6-5-9(17-3)7(2)4-8(6)16-18(14,15)10(11,12)13/h4-5H,1-3H3. The Labute approximate surface area is 107 Å². The van der Waals surface area contributed by atoms with E-state index in [-0.39, 0.29) is 5.75 Å². The summed E-state index contributed by atoms with van der Waals surface area (Å²) in [6.07, 6.45) is 1.81.